The molecule has 2 bridgehead atoms. The number of carbonyl (C=O) groups is 4. The van der Waals surface area contributed by atoms with Gasteiger partial charge in [0.1, 0.15) is 24.4 Å². The number of aliphatic hydroxyl groups excluding tert-OH is 2. The van der Waals surface area contributed by atoms with Crippen LogP contribution < -0.4 is 0 Å². The molecule has 4 N–H and O–H groups in total. The first-order valence-electron chi connectivity index (χ1n) is 14.8. The molecule has 3 aliphatic carbocycles. The van der Waals surface area contributed by atoms with E-state index >= 15 is 0 Å². The topological polar surface area (TPSA) is 195 Å². The Kier molecular flexibility index (Phi) is 7.98. The van der Waals surface area contributed by atoms with Crippen LogP contribution in [-0.2, 0) is 33.3 Å². The standard InChI is InChI=1S/C32H40O13/c1-16-21-22(43-20(35)13-33)24(36)30(5)18(34)12-19-31(15-42-19,45-27(38)41-6)23(30)25(44-26(37)17-10-8-7-9-11-17)32(40,28(21,2)3)14-29(16,4)39/h7-11,18-19,22-23,25,33-34,39-40H,12-15H2,1-6H3/t18-,19+,22+,23?,25-,29-,30+,31-,32+/m0/s1. The van der Waals surface area contributed by atoms with E-state index in [1.54, 1.807) is 32.0 Å². The predicted octanol–water partition coefficient (Wildman–Crippen LogP) is 1.24. The molecule has 0 spiro atoms. The fourth-order valence-electron chi connectivity index (χ4n) is 8.07. The van der Waals surface area contributed by atoms with Crippen molar-refractivity contribution in [3.8, 4) is 0 Å². The minimum Gasteiger partial charge on any atom is -0.455 e. The molecular weight excluding hydrogens is 592 g/mol. The van der Waals surface area contributed by atoms with E-state index in [0.29, 0.717) is 0 Å². The van der Waals surface area contributed by atoms with E-state index in [9.17, 15) is 39.6 Å². The zero-order valence-corrected chi connectivity index (χ0v) is 26.1. The minimum atomic E-state index is -2.25. The Balaban J connectivity index is 1.86. The zero-order valence-electron chi connectivity index (χ0n) is 26.1. The number of methoxy groups -OCH3 is 1. The maximum absolute atomic E-state index is 15.0. The van der Waals surface area contributed by atoms with Crippen molar-refractivity contribution in [2.75, 3.05) is 20.3 Å². The largest absolute Gasteiger partial charge is 0.508 e. The van der Waals surface area contributed by atoms with Gasteiger partial charge in [0.15, 0.2) is 17.5 Å². The van der Waals surface area contributed by atoms with Crippen molar-refractivity contribution in [1.82, 2.24) is 0 Å². The second-order valence-electron chi connectivity index (χ2n) is 13.4. The van der Waals surface area contributed by atoms with Crippen LogP contribution in [0.25, 0.3) is 0 Å². The fourth-order valence-corrected chi connectivity index (χ4v) is 8.07. The second kappa shape index (κ2) is 10.9. The molecule has 9 atom stereocenters. The Bertz CT molecular complexity index is 1430. The molecule has 0 amide bonds. The lowest BCUT2D eigenvalue weighted by atomic mass is 9.44. The van der Waals surface area contributed by atoms with Gasteiger partial charge in [0.2, 0.25) is 0 Å². The molecule has 1 heterocycles. The summed E-state index contributed by atoms with van der Waals surface area (Å²) in [6.07, 6.45) is -7.90. The highest BCUT2D eigenvalue weighted by molar-refractivity contribution is 5.95. The molecule has 1 aliphatic heterocycles. The molecular formula is C32H40O13. The summed E-state index contributed by atoms with van der Waals surface area (Å²) in [4.78, 5) is 54.2. The van der Waals surface area contributed by atoms with Gasteiger partial charge >= 0.3 is 18.1 Å². The third-order valence-electron chi connectivity index (χ3n) is 10.8. The Morgan fingerprint density at radius 3 is 2.24 bits per heavy atom. The van der Waals surface area contributed by atoms with Crippen LogP contribution in [0.1, 0.15) is 57.8 Å². The first-order chi connectivity index (χ1) is 20.9. The van der Waals surface area contributed by atoms with Crippen molar-refractivity contribution in [3.63, 3.8) is 0 Å². The SMILES string of the molecule is COC(=O)O[C@@]12CO[C@@H]1C[C@H](O)[C@@]1(C)C(=O)[C@H](OC(=O)CO)C3=C(C)[C@@](C)(O)C[C@@](O)([C@@H](OC(=O)c4ccccc4)C12)C3(C)C. The van der Waals surface area contributed by atoms with E-state index in [1.807, 2.05) is 0 Å². The number of hydrogen-bond donors (Lipinski definition) is 4. The number of hydrogen-bond acceptors (Lipinski definition) is 13. The number of aliphatic hydroxyl groups is 4. The number of Topliss-reactive ketones (excluding diaryl/α,β-unsaturated/α-hetero) is 1. The molecule has 13 heteroatoms. The van der Waals surface area contributed by atoms with E-state index in [-0.39, 0.29) is 29.7 Å². The van der Waals surface area contributed by atoms with Gasteiger partial charge in [-0.15, -0.1) is 0 Å². The number of ether oxygens (including phenoxy) is 5. The van der Waals surface area contributed by atoms with E-state index < -0.39 is 94.9 Å². The van der Waals surface area contributed by atoms with Crippen LogP contribution in [0.4, 0.5) is 4.79 Å². The molecule has 1 aromatic rings. The number of ketones is 1. The molecule has 1 saturated heterocycles. The molecule has 13 nitrogen and oxygen atoms in total. The summed E-state index contributed by atoms with van der Waals surface area (Å²) in [6, 6.07) is 7.90. The summed E-state index contributed by atoms with van der Waals surface area (Å²) in [5.41, 5.74) is -9.14. The number of benzene rings is 1. The highest BCUT2D eigenvalue weighted by Crippen LogP contribution is 2.65. The molecule has 246 valence electrons. The van der Waals surface area contributed by atoms with Crippen LogP contribution in [0, 0.1) is 16.7 Å². The van der Waals surface area contributed by atoms with E-state index in [4.69, 9.17) is 23.7 Å². The summed E-state index contributed by atoms with van der Waals surface area (Å²) >= 11 is 0. The van der Waals surface area contributed by atoms with Crippen LogP contribution >= 0.6 is 0 Å². The van der Waals surface area contributed by atoms with Gasteiger partial charge in [-0.25, -0.2) is 14.4 Å². The van der Waals surface area contributed by atoms with Gasteiger partial charge < -0.3 is 44.1 Å². The monoisotopic (exact) mass is 632 g/mol. The van der Waals surface area contributed by atoms with E-state index in [1.165, 1.54) is 32.9 Å². The van der Waals surface area contributed by atoms with Crippen molar-refractivity contribution < 1.29 is 63.3 Å². The van der Waals surface area contributed by atoms with Gasteiger partial charge in [0, 0.05) is 18.3 Å². The van der Waals surface area contributed by atoms with Gasteiger partial charge in [-0.2, -0.15) is 0 Å². The van der Waals surface area contributed by atoms with Crippen LogP contribution in [0.3, 0.4) is 0 Å². The maximum atomic E-state index is 15.0. The van der Waals surface area contributed by atoms with Gasteiger partial charge in [-0.05, 0) is 44.1 Å². The van der Waals surface area contributed by atoms with Crippen LogP contribution in [0.2, 0.25) is 0 Å². The van der Waals surface area contributed by atoms with Crippen molar-refractivity contribution in [1.29, 1.82) is 0 Å². The highest BCUT2D eigenvalue weighted by Gasteiger charge is 2.79. The van der Waals surface area contributed by atoms with Crippen molar-refractivity contribution >= 4 is 23.9 Å². The Hall–Kier alpha value is -3.36. The minimum absolute atomic E-state index is 0.0237. The summed E-state index contributed by atoms with van der Waals surface area (Å²) in [6.45, 7) is 6.02. The first kappa shape index (κ1) is 33.0. The van der Waals surface area contributed by atoms with E-state index in [0.717, 1.165) is 7.11 Å². The van der Waals surface area contributed by atoms with Gasteiger partial charge in [-0.3, -0.25) is 4.79 Å². The second-order valence-corrected chi connectivity index (χ2v) is 13.4. The zero-order chi connectivity index (χ0) is 33.3. The van der Waals surface area contributed by atoms with Crippen molar-refractivity contribution in [3.05, 3.63) is 47.0 Å². The molecule has 1 unspecified atom stereocenters. The summed E-state index contributed by atoms with van der Waals surface area (Å²) in [5, 5.41) is 46.2. The predicted molar refractivity (Wildman–Crippen MR) is 152 cm³/mol. The summed E-state index contributed by atoms with van der Waals surface area (Å²) in [7, 11) is 1.08. The fraction of sp³-hybridized carbons (Fsp3) is 0.625. The number of fused-ring (bicyclic) bond motifs is 5. The average molecular weight is 633 g/mol. The quantitative estimate of drug-likeness (QED) is 0.206. The number of esters is 2. The molecule has 3 fully saturated rings. The molecule has 1 aromatic carbocycles. The normalized spacial score (nSPS) is 40.0. The summed E-state index contributed by atoms with van der Waals surface area (Å²) < 4.78 is 28.2. The van der Waals surface area contributed by atoms with Crippen LogP contribution in [0.5, 0.6) is 0 Å². The Morgan fingerprint density at radius 1 is 1.04 bits per heavy atom. The van der Waals surface area contributed by atoms with Gasteiger partial charge in [0.25, 0.3) is 0 Å². The van der Waals surface area contributed by atoms with Gasteiger partial charge in [0.05, 0.1) is 42.3 Å². The van der Waals surface area contributed by atoms with Crippen LogP contribution in [-0.4, -0.2) is 106 Å². The lowest BCUT2D eigenvalue weighted by molar-refractivity contribution is -0.345. The van der Waals surface area contributed by atoms with Gasteiger partial charge in [-0.1, -0.05) is 32.0 Å². The lowest BCUT2D eigenvalue weighted by Crippen LogP contribution is -2.82. The molecule has 45 heavy (non-hydrogen) atoms. The maximum Gasteiger partial charge on any atom is 0.508 e. The van der Waals surface area contributed by atoms with Crippen molar-refractivity contribution in [2.24, 2.45) is 16.7 Å². The molecule has 2 saturated carbocycles. The third kappa shape index (κ3) is 4.62. The summed E-state index contributed by atoms with van der Waals surface area (Å²) in [5.74, 6) is -4.45. The number of carbonyl (C=O) groups excluding carboxylic acids is 4. The number of rotatable bonds is 5. The van der Waals surface area contributed by atoms with Crippen LogP contribution in [0.15, 0.2) is 41.5 Å². The lowest BCUT2D eigenvalue weighted by Gasteiger charge is -2.67. The Morgan fingerprint density at radius 2 is 1.69 bits per heavy atom. The highest BCUT2D eigenvalue weighted by atomic mass is 16.8. The first-order valence-corrected chi connectivity index (χ1v) is 14.8. The van der Waals surface area contributed by atoms with Crippen molar-refractivity contribution in [2.45, 2.75) is 88.7 Å². The molecule has 5 rings (SSSR count). The average Bonchev–Trinajstić information content (AvgIpc) is 2.98. The Labute approximate surface area is 260 Å². The molecule has 4 aliphatic rings. The smallest absolute Gasteiger partial charge is 0.455 e. The van der Waals surface area contributed by atoms with E-state index in [2.05, 4.69) is 0 Å². The molecule has 0 aromatic heterocycles. The third-order valence-corrected chi connectivity index (χ3v) is 10.8. The molecule has 0 radical (unpaired) electrons.